The third kappa shape index (κ3) is 3.11. The van der Waals surface area contributed by atoms with Crippen molar-refractivity contribution in [3.8, 4) is 0 Å². The van der Waals surface area contributed by atoms with Gasteiger partial charge in [-0.2, -0.15) is 0 Å². The molecule has 1 aliphatic rings. The van der Waals surface area contributed by atoms with Crippen molar-refractivity contribution >= 4 is 11.5 Å². The molecular formula is C14H23N3. The molecule has 0 bridgehead atoms. The van der Waals surface area contributed by atoms with E-state index in [9.17, 15) is 0 Å². The van der Waals surface area contributed by atoms with Gasteiger partial charge in [0, 0.05) is 19.1 Å². The molecule has 1 aliphatic heterocycles. The quantitative estimate of drug-likeness (QED) is 0.808. The maximum Gasteiger partial charge on any atom is 0.126 e. The number of pyridine rings is 1. The van der Waals surface area contributed by atoms with E-state index < -0.39 is 0 Å². The first-order chi connectivity index (χ1) is 7.96. The van der Waals surface area contributed by atoms with Crippen LogP contribution in [0.1, 0.15) is 39.3 Å². The van der Waals surface area contributed by atoms with E-state index in [-0.39, 0.29) is 5.54 Å². The average molecular weight is 233 g/mol. The first-order valence-corrected chi connectivity index (χ1v) is 6.45. The molecule has 0 radical (unpaired) electrons. The molecule has 1 N–H and O–H groups in total. The van der Waals surface area contributed by atoms with E-state index >= 15 is 0 Å². The van der Waals surface area contributed by atoms with Crippen molar-refractivity contribution in [2.75, 3.05) is 23.8 Å². The molecule has 2 rings (SSSR count). The third-order valence-electron chi connectivity index (χ3n) is 3.02. The molecule has 94 valence electrons. The minimum absolute atomic E-state index is 0.0673. The van der Waals surface area contributed by atoms with E-state index in [2.05, 4.69) is 50.2 Å². The summed E-state index contributed by atoms with van der Waals surface area (Å²) in [5.41, 5.74) is 2.60. The first kappa shape index (κ1) is 12.2. The van der Waals surface area contributed by atoms with Crippen LogP contribution in [0.3, 0.4) is 0 Å². The second-order valence-corrected chi connectivity index (χ2v) is 5.92. The zero-order valence-electron chi connectivity index (χ0n) is 11.4. The van der Waals surface area contributed by atoms with Crippen molar-refractivity contribution in [1.82, 2.24) is 4.98 Å². The van der Waals surface area contributed by atoms with Gasteiger partial charge in [-0.3, -0.25) is 0 Å². The van der Waals surface area contributed by atoms with Gasteiger partial charge in [0.2, 0.25) is 0 Å². The van der Waals surface area contributed by atoms with Crippen LogP contribution in [0.2, 0.25) is 0 Å². The Morgan fingerprint density at radius 1 is 1.24 bits per heavy atom. The summed E-state index contributed by atoms with van der Waals surface area (Å²) in [6, 6.07) is 4.29. The number of anilines is 2. The molecule has 3 nitrogen and oxygen atoms in total. The van der Waals surface area contributed by atoms with Crippen LogP contribution in [0, 0.1) is 0 Å². The van der Waals surface area contributed by atoms with E-state index in [4.69, 9.17) is 4.98 Å². The van der Waals surface area contributed by atoms with Crippen LogP contribution in [0.15, 0.2) is 12.1 Å². The number of rotatable bonds is 1. The van der Waals surface area contributed by atoms with E-state index in [1.54, 1.807) is 0 Å². The molecule has 0 saturated carbocycles. The van der Waals surface area contributed by atoms with Crippen LogP contribution >= 0.6 is 0 Å². The van der Waals surface area contributed by atoms with E-state index in [1.807, 2.05) is 0 Å². The summed E-state index contributed by atoms with van der Waals surface area (Å²) >= 11 is 0. The molecule has 0 spiro atoms. The van der Waals surface area contributed by atoms with E-state index in [1.165, 1.54) is 24.2 Å². The fourth-order valence-electron chi connectivity index (χ4n) is 2.24. The van der Waals surface area contributed by atoms with Crippen LogP contribution in [0.5, 0.6) is 0 Å². The normalized spacial score (nSPS) is 16.4. The lowest BCUT2D eigenvalue weighted by Gasteiger charge is -2.23. The maximum absolute atomic E-state index is 4.76. The average Bonchev–Trinajstić information content (AvgIpc) is 2.38. The highest BCUT2D eigenvalue weighted by Crippen LogP contribution is 2.26. The molecule has 0 unspecified atom stereocenters. The van der Waals surface area contributed by atoms with Crippen LogP contribution in [-0.4, -0.2) is 24.1 Å². The lowest BCUT2D eigenvalue weighted by atomic mass is 10.1. The summed E-state index contributed by atoms with van der Waals surface area (Å²) in [6.07, 6.45) is 3.59. The molecule has 2 heterocycles. The van der Waals surface area contributed by atoms with Crippen LogP contribution < -0.4 is 10.2 Å². The number of hydrogen-bond donors (Lipinski definition) is 1. The predicted molar refractivity (Wildman–Crippen MR) is 73.8 cm³/mol. The van der Waals surface area contributed by atoms with E-state index in [0.29, 0.717) is 0 Å². The number of aromatic nitrogens is 1. The van der Waals surface area contributed by atoms with Gasteiger partial charge in [-0.25, -0.2) is 4.98 Å². The third-order valence-corrected chi connectivity index (χ3v) is 3.02. The van der Waals surface area contributed by atoms with Gasteiger partial charge in [-0.05, 0) is 52.2 Å². The van der Waals surface area contributed by atoms with Gasteiger partial charge in [-0.15, -0.1) is 0 Å². The van der Waals surface area contributed by atoms with Crippen molar-refractivity contribution < 1.29 is 0 Å². The maximum atomic E-state index is 4.76. The molecule has 1 aromatic heterocycles. The Balaban J connectivity index is 2.27. The SMILES string of the molecule is CN1CCCCc2nc(NC(C)(C)C)ccc21. The minimum atomic E-state index is 0.0673. The molecule has 0 saturated heterocycles. The van der Waals surface area contributed by atoms with Crippen molar-refractivity contribution in [2.45, 2.75) is 45.6 Å². The van der Waals surface area contributed by atoms with Crippen molar-refractivity contribution in [3.05, 3.63) is 17.8 Å². The molecule has 0 amide bonds. The molecule has 17 heavy (non-hydrogen) atoms. The highest BCUT2D eigenvalue weighted by atomic mass is 15.1. The molecule has 0 fully saturated rings. The fourth-order valence-corrected chi connectivity index (χ4v) is 2.24. The summed E-state index contributed by atoms with van der Waals surface area (Å²) < 4.78 is 0. The molecule has 0 atom stereocenters. The number of nitrogens with zero attached hydrogens (tertiary/aromatic N) is 2. The van der Waals surface area contributed by atoms with Crippen molar-refractivity contribution in [3.63, 3.8) is 0 Å². The summed E-state index contributed by atoms with van der Waals surface area (Å²) in [5.74, 6) is 0.992. The van der Waals surface area contributed by atoms with Gasteiger partial charge in [0.05, 0.1) is 11.4 Å². The highest BCUT2D eigenvalue weighted by molar-refractivity contribution is 5.55. The topological polar surface area (TPSA) is 28.2 Å². The Morgan fingerprint density at radius 2 is 2.00 bits per heavy atom. The number of fused-ring (bicyclic) bond motifs is 1. The Bertz CT molecular complexity index is 393. The van der Waals surface area contributed by atoms with Gasteiger partial charge in [0.25, 0.3) is 0 Å². The molecular weight excluding hydrogens is 210 g/mol. The van der Waals surface area contributed by atoms with Gasteiger partial charge in [-0.1, -0.05) is 0 Å². The molecule has 0 aromatic carbocycles. The zero-order valence-corrected chi connectivity index (χ0v) is 11.4. The summed E-state index contributed by atoms with van der Waals surface area (Å²) in [6.45, 7) is 7.62. The van der Waals surface area contributed by atoms with Gasteiger partial charge in [0.15, 0.2) is 0 Å². The molecule has 1 aromatic rings. The van der Waals surface area contributed by atoms with Crippen molar-refractivity contribution in [2.24, 2.45) is 0 Å². The Labute approximate surface area is 104 Å². The second-order valence-electron chi connectivity index (χ2n) is 5.92. The Morgan fingerprint density at radius 3 is 2.71 bits per heavy atom. The monoisotopic (exact) mass is 233 g/mol. The Kier molecular flexibility index (Phi) is 3.27. The number of aryl methyl sites for hydroxylation is 1. The standard InChI is InChI=1S/C14H23N3/c1-14(2,3)16-13-9-8-12-11(15-13)7-5-6-10-17(12)4/h8-9H,5-7,10H2,1-4H3,(H,15,16). The molecule has 3 heteroatoms. The predicted octanol–water partition coefficient (Wildman–Crippen LogP) is 3.06. The van der Waals surface area contributed by atoms with E-state index in [0.717, 1.165) is 18.8 Å². The van der Waals surface area contributed by atoms with Gasteiger partial charge in [0.1, 0.15) is 5.82 Å². The van der Waals surface area contributed by atoms with Crippen LogP contribution in [0.25, 0.3) is 0 Å². The van der Waals surface area contributed by atoms with Crippen molar-refractivity contribution in [1.29, 1.82) is 0 Å². The largest absolute Gasteiger partial charge is 0.373 e. The summed E-state index contributed by atoms with van der Waals surface area (Å²) in [5, 5.41) is 3.44. The highest BCUT2D eigenvalue weighted by Gasteiger charge is 2.15. The number of nitrogens with one attached hydrogen (secondary N) is 1. The fraction of sp³-hybridized carbons (Fsp3) is 0.643. The summed E-state index contributed by atoms with van der Waals surface area (Å²) in [7, 11) is 2.16. The van der Waals surface area contributed by atoms with Crippen LogP contribution in [-0.2, 0) is 6.42 Å². The second kappa shape index (κ2) is 4.55. The Hall–Kier alpha value is -1.25. The number of hydrogen-bond acceptors (Lipinski definition) is 3. The van der Waals surface area contributed by atoms with Gasteiger partial charge >= 0.3 is 0 Å². The lowest BCUT2D eigenvalue weighted by molar-refractivity contribution is 0.629. The van der Waals surface area contributed by atoms with Gasteiger partial charge < -0.3 is 10.2 Å². The zero-order chi connectivity index (χ0) is 12.5. The van der Waals surface area contributed by atoms with Crippen LogP contribution in [0.4, 0.5) is 11.5 Å². The minimum Gasteiger partial charge on any atom is -0.373 e. The lowest BCUT2D eigenvalue weighted by Crippen LogP contribution is -2.27. The first-order valence-electron chi connectivity index (χ1n) is 6.45. The summed E-state index contributed by atoms with van der Waals surface area (Å²) in [4.78, 5) is 7.07. The molecule has 0 aliphatic carbocycles. The smallest absolute Gasteiger partial charge is 0.126 e.